The fourth-order valence-corrected chi connectivity index (χ4v) is 5.25. The molecule has 0 heterocycles. The van der Waals surface area contributed by atoms with E-state index >= 15 is 0 Å². The van der Waals surface area contributed by atoms with E-state index in [1.165, 1.54) is 7.11 Å². The fourth-order valence-electron chi connectivity index (χ4n) is 1.43. The van der Waals surface area contributed by atoms with E-state index in [4.69, 9.17) is 39.5 Å². The third-order valence-corrected chi connectivity index (χ3v) is 5.16. The summed E-state index contributed by atoms with van der Waals surface area (Å²) in [6.07, 6.45) is 0. The predicted octanol–water partition coefficient (Wildman–Crippen LogP) is 3.89. The van der Waals surface area contributed by atoms with Gasteiger partial charge in [-0.15, -0.1) is 0 Å². The maximum atomic E-state index is 11.7. The van der Waals surface area contributed by atoms with Crippen molar-refractivity contribution in [1.29, 1.82) is 0 Å². The molecule has 0 spiro atoms. The second-order valence-electron chi connectivity index (χ2n) is 3.60. The molecule has 1 rings (SSSR count). The summed E-state index contributed by atoms with van der Waals surface area (Å²) >= 11 is 20.6. The number of hydrogen-bond donors (Lipinski definition) is 1. The lowest BCUT2D eigenvalue weighted by Crippen LogP contribution is -2.20. The molecule has 0 saturated carbocycles. The van der Waals surface area contributed by atoms with Crippen molar-refractivity contribution in [1.82, 2.24) is 0 Å². The molecule has 5 nitrogen and oxygen atoms in total. The lowest BCUT2D eigenvalue weighted by Gasteiger charge is -2.16. The largest absolute Gasteiger partial charge is 0.375 e. The van der Waals surface area contributed by atoms with Crippen LogP contribution in [0.4, 0.5) is 5.69 Å². The van der Waals surface area contributed by atoms with Gasteiger partial charge in [0.2, 0.25) is 5.91 Å². The Morgan fingerprint density at radius 1 is 1.10 bits per heavy atom. The van der Waals surface area contributed by atoms with Crippen LogP contribution in [0.5, 0.6) is 0 Å². The molecule has 0 fully saturated rings. The Hall–Kier alpha value is 0.320. The zero-order valence-corrected chi connectivity index (χ0v) is 16.8. The Morgan fingerprint density at radius 3 is 1.86 bits per heavy atom. The summed E-state index contributed by atoms with van der Waals surface area (Å²) in [4.78, 5) is 34.7. The van der Waals surface area contributed by atoms with Crippen molar-refractivity contribution in [3.63, 3.8) is 0 Å². The van der Waals surface area contributed by atoms with Gasteiger partial charge in [-0.1, -0.05) is 11.6 Å². The molecule has 1 N–H and O–H groups in total. The highest BCUT2D eigenvalue weighted by atomic mass is 127. The van der Waals surface area contributed by atoms with Gasteiger partial charge >= 0.3 is 0 Å². The van der Waals surface area contributed by atoms with E-state index in [1.54, 1.807) is 45.2 Å². The van der Waals surface area contributed by atoms with E-state index in [1.807, 2.05) is 0 Å². The number of rotatable bonds is 5. The maximum absolute atomic E-state index is 11.7. The molecule has 0 aliphatic rings. The van der Waals surface area contributed by atoms with Gasteiger partial charge in [0, 0.05) is 7.11 Å². The topological polar surface area (TPSA) is 72.5 Å². The number of carbonyl (C=O) groups is 3. The molecule has 1 amide bonds. The zero-order chi connectivity index (χ0) is 16.3. The Labute approximate surface area is 162 Å². The van der Waals surface area contributed by atoms with Crippen molar-refractivity contribution in [2.75, 3.05) is 19.0 Å². The summed E-state index contributed by atoms with van der Waals surface area (Å²) in [7, 11) is 1.36. The quantitative estimate of drug-likeness (QED) is 0.427. The summed E-state index contributed by atoms with van der Waals surface area (Å²) in [6.45, 7) is -0.191. The molecular formula is C11H6Cl3I2NO4. The van der Waals surface area contributed by atoms with Crippen LogP contribution in [0, 0.1) is 7.14 Å². The predicted molar refractivity (Wildman–Crippen MR) is 97.8 cm³/mol. The van der Waals surface area contributed by atoms with Crippen molar-refractivity contribution in [2.24, 2.45) is 0 Å². The Balaban J connectivity index is 3.60. The second-order valence-corrected chi connectivity index (χ2v) is 6.82. The Bertz CT molecular complexity index is 595. The molecule has 0 atom stereocenters. The van der Waals surface area contributed by atoms with Crippen LogP contribution >= 0.6 is 80.0 Å². The van der Waals surface area contributed by atoms with Gasteiger partial charge < -0.3 is 10.1 Å². The summed E-state index contributed by atoms with van der Waals surface area (Å²) in [5.41, 5.74) is 0.0581. The first kappa shape index (κ1) is 19.4. The SMILES string of the molecule is COCC(=O)Nc1c(I)c(C(=O)Cl)c(Cl)c(C(=O)Cl)c1I. The highest BCUT2D eigenvalue weighted by Crippen LogP contribution is 2.38. The minimum Gasteiger partial charge on any atom is -0.375 e. The maximum Gasteiger partial charge on any atom is 0.255 e. The summed E-state index contributed by atoms with van der Waals surface area (Å²) in [5.74, 6) is -0.461. The van der Waals surface area contributed by atoms with Gasteiger partial charge in [-0.3, -0.25) is 14.4 Å². The first-order valence-electron chi connectivity index (χ1n) is 5.11. The van der Waals surface area contributed by atoms with Crippen molar-refractivity contribution in [2.45, 2.75) is 0 Å². The monoisotopic (exact) mass is 575 g/mol. The van der Waals surface area contributed by atoms with Crippen molar-refractivity contribution in [3.05, 3.63) is 23.3 Å². The lowest BCUT2D eigenvalue weighted by atomic mass is 10.1. The van der Waals surface area contributed by atoms with Crippen LogP contribution in [0.1, 0.15) is 20.7 Å². The molecule has 0 unspecified atom stereocenters. The lowest BCUT2D eigenvalue weighted by molar-refractivity contribution is -0.119. The summed E-state index contributed by atoms with van der Waals surface area (Å²) in [6, 6.07) is 0. The van der Waals surface area contributed by atoms with E-state index in [0.717, 1.165) is 0 Å². The number of ether oxygens (including phenoxy) is 1. The van der Waals surface area contributed by atoms with Gasteiger partial charge in [-0.25, -0.2) is 0 Å². The number of anilines is 1. The van der Waals surface area contributed by atoms with E-state index in [-0.39, 0.29) is 28.4 Å². The standard InChI is InChI=1S/C11H6Cl3I2NO4/c1-21-2-3(18)17-9-7(15)4(10(13)19)6(12)5(8(9)16)11(14)20/h2H2,1H3,(H,17,18). The highest BCUT2D eigenvalue weighted by molar-refractivity contribution is 14.1. The molecule has 0 saturated heterocycles. The number of halogens is 5. The average molecular weight is 576 g/mol. The van der Waals surface area contributed by atoms with Crippen LogP contribution in [0.3, 0.4) is 0 Å². The molecular weight excluding hydrogens is 570 g/mol. The molecule has 0 radical (unpaired) electrons. The van der Waals surface area contributed by atoms with Gasteiger partial charge in [0.15, 0.2) is 0 Å². The number of amides is 1. The molecule has 0 aliphatic heterocycles. The van der Waals surface area contributed by atoms with Crippen LogP contribution in [0.25, 0.3) is 0 Å². The number of hydrogen-bond acceptors (Lipinski definition) is 4. The van der Waals surface area contributed by atoms with Crippen LogP contribution in [-0.2, 0) is 9.53 Å². The van der Waals surface area contributed by atoms with Crippen molar-refractivity contribution < 1.29 is 19.1 Å². The smallest absolute Gasteiger partial charge is 0.255 e. The Morgan fingerprint density at radius 2 is 1.52 bits per heavy atom. The van der Waals surface area contributed by atoms with Crippen molar-refractivity contribution >= 4 is 102 Å². The van der Waals surface area contributed by atoms with Crippen LogP contribution in [-0.4, -0.2) is 30.1 Å². The first-order chi connectivity index (χ1) is 9.72. The fraction of sp³-hybridized carbons (Fsp3) is 0.182. The molecule has 0 aromatic heterocycles. The molecule has 0 aliphatic carbocycles. The van der Waals surface area contributed by atoms with Crippen LogP contribution in [0.15, 0.2) is 0 Å². The number of benzene rings is 1. The molecule has 1 aromatic carbocycles. The number of carbonyl (C=O) groups excluding carboxylic acids is 3. The first-order valence-corrected chi connectivity index (χ1v) is 8.40. The third kappa shape index (κ3) is 4.41. The van der Waals surface area contributed by atoms with Gasteiger partial charge in [-0.05, 0) is 68.4 Å². The van der Waals surface area contributed by atoms with Gasteiger partial charge in [-0.2, -0.15) is 0 Å². The van der Waals surface area contributed by atoms with Gasteiger partial charge in [0.05, 0.1) is 29.0 Å². The van der Waals surface area contributed by atoms with Gasteiger partial charge in [0.1, 0.15) is 6.61 Å². The third-order valence-electron chi connectivity index (χ3n) is 2.25. The minimum absolute atomic E-state index is 0.0870. The van der Waals surface area contributed by atoms with E-state index in [2.05, 4.69) is 5.32 Å². The summed E-state index contributed by atoms with van der Waals surface area (Å²) < 4.78 is 5.33. The van der Waals surface area contributed by atoms with Crippen LogP contribution < -0.4 is 5.32 Å². The Kier molecular flexibility index (Phi) is 7.61. The van der Waals surface area contributed by atoms with Crippen molar-refractivity contribution in [3.8, 4) is 0 Å². The average Bonchev–Trinajstić information content (AvgIpc) is 2.33. The summed E-state index contributed by atoms with van der Waals surface area (Å²) in [5, 5.41) is 0.675. The van der Waals surface area contributed by atoms with Crippen LogP contribution in [0.2, 0.25) is 5.02 Å². The molecule has 114 valence electrons. The van der Waals surface area contributed by atoms with E-state index in [0.29, 0.717) is 7.14 Å². The molecule has 10 heteroatoms. The highest BCUT2D eigenvalue weighted by Gasteiger charge is 2.27. The zero-order valence-electron chi connectivity index (χ0n) is 10.2. The number of methoxy groups -OCH3 is 1. The number of nitrogens with one attached hydrogen (secondary N) is 1. The van der Waals surface area contributed by atoms with E-state index in [9.17, 15) is 14.4 Å². The van der Waals surface area contributed by atoms with Gasteiger partial charge in [0.25, 0.3) is 10.5 Å². The second kappa shape index (κ2) is 8.25. The molecule has 21 heavy (non-hydrogen) atoms. The minimum atomic E-state index is -0.859. The molecule has 1 aromatic rings. The molecule has 0 bridgehead atoms. The normalized spacial score (nSPS) is 10.4. The van der Waals surface area contributed by atoms with E-state index < -0.39 is 16.4 Å².